The van der Waals surface area contributed by atoms with Crippen LogP contribution >= 0.6 is 0 Å². The highest BCUT2D eigenvalue weighted by molar-refractivity contribution is 7.89. The van der Waals surface area contributed by atoms with Crippen molar-refractivity contribution in [2.75, 3.05) is 19.4 Å². The molecule has 2 aromatic carbocycles. The van der Waals surface area contributed by atoms with Gasteiger partial charge in [0.25, 0.3) is 5.91 Å². The first-order valence-electron chi connectivity index (χ1n) is 7.77. The number of ether oxygens (including phenoxy) is 1. The molecule has 0 unspecified atom stereocenters. The molecule has 0 saturated heterocycles. The minimum absolute atomic E-state index is 0.166. The second-order valence-electron chi connectivity index (χ2n) is 5.87. The van der Waals surface area contributed by atoms with Gasteiger partial charge in [0.2, 0.25) is 10.0 Å². The van der Waals surface area contributed by atoms with E-state index in [1.807, 2.05) is 19.1 Å². The van der Waals surface area contributed by atoms with Gasteiger partial charge in [0.1, 0.15) is 5.75 Å². The molecule has 0 heterocycles. The number of hydrogen-bond donors (Lipinski definition) is 1. The first kappa shape index (κ1) is 19.0. The van der Waals surface area contributed by atoms with Gasteiger partial charge in [-0.3, -0.25) is 4.79 Å². The normalized spacial score (nSPS) is 12.7. The molecule has 1 N–H and O–H groups in total. The Balaban J connectivity index is 2.01. The summed E-state index contributed by atoms with van der Waals surface area (Å²) >= 11 is 0. The molecule has 0 bridgehead atoms. The molecule has 0 aliphatic heterocycles. The highest BCUT2D eigenvalue weighted by atomic mass is 32.2. The SMILES string of the molecule is Cc1ccc(O[C@@H](C)C(=O)Nc2ccc(S(=O)(=O)N(C)C)cc2)cc1. The fraction of sp³-hybridized carbons (Fsp3) is 0.278. The fourth-order valence-electron chi connectivity index (χ4n) is 2.04. The molecule has 0 saturated carbocycles. The van der Waals surface area contributed by atoms with Gasteiger partial charge in [0.05, 0.1) is 4.90 Å². The Morgan fingerprint density at radius 3 is 2.12 bits per heavy atom. The molecule has 0 aromatic heterocycles. The van der Waals surface area contributed by atoms with E-state index >= 15 is 0 Å². The van der Waals surface area contributed by atoms with E-state index in [2.05, 4.69) is 5.32 Å². The number of sulfonamides is 1. The van der Waals surface area contributed by atoms with Crippen molar-refractivity contribution in [3.05, 3.63) is 54.1 Å². The zero-order chi connectivity index (χ0) is 18.6. The van der Waals surface area contributed by atoms with Crippen LogP contribution < -0.4 is 10.1 Å². The summed E-state index contributed by atoms with van der Waals surface area (Å²) in [6.07, 6.45) is -0.687. The third-order valence-corrected chi connectivity index (χ3v) is 5.43. The maximum atomic E-state index is 12.2. The number of nitrogens with one attached hydrogen (secondary N) is 1. The summed E-state index contributed by atoms with van der Waals surface area (Å²) in [7, 11) is -0.552. The summed E-state index contributed by atoms with van der Waals surface area (Å²) in [6, 6.07) is 13.4. The molecule has 25 heavy (non-hydrogen) atoms. The number of carbonyl (C=O) groups is 1. The summed E-state index contributed by atoms with van der Waals surface area (Å²) in [5.41, 5.74) is 1.61. The van der Waals surface area contributed by atoms with E-state index in [0.717, 1.165) is 9.87 Å². The summed E-state index contributed by atoms with van der Waals surface area (Å²) in [5.74, 6) is 0.296. The Kier molecular flexibility index (Phi) is 5.81. The topological polar surface area (TPSA) is 75.7 Å². The molecule has 0 aliphatic carbocycles. The van der Waals surface area contributed by atoms with Gasteiger partial charge in [0, 0.05) is 19.8 Å². The highest BCUT2D eigenvalue weighted by Gasteiger charge is 2.18. The minimum Gasteiger partial charge on any atom is -0.481 e. The quantitative estimate of drug-likeness (QED) is 0.857. The summed E-state index contributed by atoms with van der Waals surface area (Å²) in [5, 5.41) is 2.71. The maximum absolute atomic E-state index is 12.2. The van der Waals surface area contributed by atoms with Crippen molar-refractivity contribution < 1.29 is 17.9 Å². The van der Waals surface area contributed by atoms with Gasteiger partial charge >= 0.3 is 0 Å². The maximum Gasteiger partial charge on any atom is 0.265 e. The average molecular weight is 362 g/mol. The van der Waals surface area contributed by atoms with E-state index in [1.54, 1.807) is 31.2 Å². The number of benzene rings is 2. The van der Waals surface area contributed by atoms with Gasteiger partial charge in [-0.05, 0) is 50.2 Å². The van der Waals surface area contributed by atoms with Crippen LogP contribution in [0.3, 0.4) is 0 Å². The van der Waals surface area contributed by atoms with Crippen LogP contribution in [-0.2, 0) is 14.8 Å². The van der Waals surface area contributed by atoms with Crippen LogP contribution in [-0.4, -0.2) is 38.8 Å². The minimum atomic E-state index is -3.49. The first-order valence-corrected chi connectivity index (χ1v) is 9.21. The van der Waals surface area contributed by atoms with Crippen LogP contribution in [0.5, 0.6) is 5.75 Å². The summed E-state index contributed by atoms with van der Waals surface area (Å²) in [4.78, 5) is 12.4. The van der Waals surface area contributed by atoms with Crippen molar-refractivity contribution in [1.82, 2.24) is 4.31 Å². The molecular weight excluding hydrogens is 340 g/mol. The number of carbonyl (C=O) groups excluding carboxylic acids is 1. The van der Waals surface area contributed by atoms with Gasteiger partial charge in [0.15, 0.2) is 6.10 Å². The molecule has 1 amide bonds. The Morgan fingerprint density at radius 1 is 1.04 bits per heavy atom. The molecule has 0 radical (unpaired) electrons. The molecule has 7 heteroatoms. The summed E-state index contributed by atoms with van der Waals surface area (Å²) in [6.45, 7) is 3.63. The molecule has 6 nitrogen and oxygen atoms in total. The van der Waals surface area contributed by atoms with Gasteiger partial charge < -0.3 is 10.1 Å². The highest BCUT2D eigenvalue weighted by Crippen LogP contribution is 2.18. The molecule has 134 valence electrons. The van der Waals surface area contributed by atoms with Crippen LogP contribution in [0.1, 0.15) is 12.5 Å². The Labute approximate surface area is 148 Å². The van der Waals surface area contributed by atoms with Crippen molar-refractivity contribution in [3.63, 3.8) is 0 Å². The zero-order valence-corrected chi connectivity index (χ0v) is 15.5. The molecule has 0 spiro atoms. The lowest BCUT2D eigenvalue weighted by atomic mass is 10.2. The molecule has 2 aromatic rings. The Hall–Kier alpha value is -2.38. The Morgan fingerprint density at radius 2 is 1.60 bits per heavy atom. The zero-order valence-electron chi connectivity index (χ0n) is 14.7. The smallest absolute Gasteiger partial charge is 0.265 e. The first-order chi connectivity index (χ1) is 11.7. The molecule has 0 fully saturated rings. The molecule has 0 aliphatic rings. The second-order valence-corrected chi connectivity index (χ2v) is 8.03. The van der Waals surface area contributed by atoms with Crippen LogP contribution in [0.25, 0.3) is 0 Å². The summed E-state index contributed by atoms with van der Waals surface area (Å²) < 4.78 is 30.8. The molecule has 1 atom stereocenters. The fourth-order valence-corrected chi connectivity index (χ4v) is 2.94. The lowest BCUT2D eigenvalue weighted by molar-refractivity contribution is -0.122. The number of anilines is 1. The second kappa shape index (κ2) is 7.67. The number of amides is 1. The van der Waals surface area contributed by atoms with E-state index in [1.165, 1.54) is 26.2 Å². The largest absolute Gasteiger partial charge is 0.481 e. The Bertz CT molecular complexity index is 828. The number of hydrogen-bond acceptors (Lipinski definition) is 4. The van der Waals surface area contributed by atoms with Crippen LogP contribution in [0.4, 0.5) is 5.69 Å². The van der Waals surface area contributed by atoms with Gasteiger partial charge in [-0.25, -0.2) is 12.7 Å². The molecular formula is C18H22N2O4S. The van der Waals surface area contributed by atoms with E-state index in [4.69, 9.17) is 4.74 Å². The lowest BCUT2D eigenvalue weighted by Crippen LogP contribution is -2.30. The van der Waals surface area contributed by atoms with E-state index < -0.39 is 16.1 Å². The van der Waals surface area contributed by atoms with Crippen LogP contribution in [0.2, 0.25) is 0 Å². The van der Waals surface area contributed by atoms with E-state index in [9.17, 15) is 13.2 Å². The third kappa shape index (κ3) is 4.80. The third-order valence-electron chi connectivity index (χ3n) is 3.60. The van der Waals surface area contributed by atoms with Crippen molar-refractivity contribution in [2.24, 2.45) is 0 Å². The van der Waals surface area contributed by atoms with Crippen molar-refractivity contribution in [3.8, 4) is 5.75 Å². The predicted octanol–water partition coefficient (Wildman–Crippen LogP) is 2.65. The van der Waals surface area contributed by atoms with E-state index in [0.29, 0.717) is 11.4 Å². The van der Waals surface area contributed by atoms with Crippen LogP contribution in [0.15, 0.2) is 53.4 Å². The van der Waals surface area contributed by atoms with Crippen molar-refractivity contribution in [1.29, 1.82) is 0 Å². The monoisotopic (exact) mass is 362 g/mol. The lowest BCUT2D eigenvalue weighted by Gasteiger charge is -2.15. The van der Waals surface area contributed by atoms with Gasteiger partial charge in [-0.2, -0.15) is 0 Å². The van der Waals surface area contributed by atoms with Crippen molar-refractivity contribution in [2.45, 2.75) is 24.8 Å². The number of rotatable bonds is 6. The van der Waals surface area contributed by atoms with Gasteiger partial charge in [-0.1, -0.05) is 17.7 Å². The molecule has 2 rings (SSSR count). The van der Waals surface area contributed by atoms with Crippen LogP contribution in [0, 0.1) is 6.92 Å². The van der Waals surface area contributed by atoms with Crippen molar-refractivity contribution >= 4 is 21.6 Å². The number of aryl methyl sites for hydroxylation is 1. The average Bonchev–Trinajstić information content (AvgIpc) is 2.57. The number of nitrogens with zero attached hydrogens (tertiary/aromatic N) is 1. The standard InChI is InChI=1S/C18H22N2O4S/c1-13-5-9-16(10-6-13)24-14(2)18(21)19-15-7-11-17(12-8-15)25(22,23)20(3)4/h5-12,14H,1-4H3,(H,19,21)/t14-/m0/s1. The predicted molar refractivity (Wildman–Crippen MR) is 97.2 cm³/mol. The van der Waals surface area contributed by atoms with Gasteiger partial charge in [-0.15, -0.1) is 0 Å². The van der Waals surface area contributed by atoms with E-state index in [-0.39, 0.29) is 10.8 Å².